The van der Waals surface area contributed by atoms with Crippen LogP contribution in [0.2, 0.25) is 0 Å². The molecule has 1 aromatic heterocycles. The first-order valence-electron chi connectivity index (χ1n) is 4.85. The highest BCUT2D eigenvalue weighted by atomic mass is 19.4. The highest BCUT2D eigenvalue weighted by Crippen LogP contribution is 2.33. The third-order valence-corrected chi connectivity index (χ3v) is 2.19. The van der Waals surface area contributed by atoms with E-state index in [9.17, 15) is 31.5 Å². The van der Waals surface area contributed by atoms with E-state index in [0.717, 1.165) is 7.11 Å². The molecule has 0 amide bonds. The molecule has 1 rings (SSSR count). The molecule has 0 spiro atoms. The van der Waals surface area contributed by atoms with Crippen LogP contribution >= 0.6 is 0 Å². The highest BCUT2D eigenvalue weighted by molar-refractivity contribution is 5.71. The van der Waals surface area contributed by atoms with E-state index in [0.29, 0.717) is 6.07 Å². The molecule has 0 aliphatic heterocycles. The van der Waals surface area contributed by atoms with Gasteiger partial charge in [0.1, 0.15) is 5.69 Å². The second kappa shape index (κ2) is 5.37. The number of rotatable bonds is 3. The summed E-state index contributed by atoms with van der Waals surface area (Å²) < 4.78 is 66.8. The predicted octanol–water partition coefficient (Wildman–Crippen LogP) is 2.05. The number of halogens is 5. The summed E-state index contributed by atoms with van der Waals surface area (Å²) in [7, 11) is 0.999. The molecular weight excluding hydrogens is 277 g/mol. The Morgan fingerprint density at radius 2 is 2.00 bits per heavy atom. The third kappa shape index (κ3) is 3.52. The molecule has 0 aromatic carbocycles. The Balaban J connectivity index is 3.40. The SMILES string of the molecule is COC(=O)Cc1cc(=O)c(C(F)F)c(C(F)(F)F)[nH]1. The molecule has 0 atom stereocenters. The molecule has 0 fully saturated rings. The fourth-order valence-electron chi connectivity index (χ4n) is 1.39. The van der Waals surface area contributed by atoms with Crippen LogP contribution in [-0.2, 0) is 22.1 Å². The number of hydrogen-bond donors (Lipinski definition) is 1. The third-order valence-electron chi connectivity index (χ3n) is 2.19. The number of ether oxygens (including phenoxy) is 1. The minimum absolute atomic E-state index is 0.450. The van der Waals surface area contributed by atoms with Crippen molar-refractivity contribution in [3.05, 3.63) is 33.2 Å². The molecule has 0 saturated carbocycles. The summed E-state index contributed by atoms with van der Waals surface area (Å²) in [4.78, 5) is 23.8. The van der Waals surface area contributed by atoms with Gasteiger partial charge in [-0.1, -0.05) is 0 Å². The number of methoxy groups -OCH3 is 1. The monoisotopic (exact) mass is 285 g/mol. The number of esters is 1. The number of H-pyrrole nitrogens is 1. The van der Waals surface area contributed by atoms with E-state index in [2.05, 4.69) is 4.74 Å². The number of hydrogen-bond acceptors (Lipinski definition) is 3. The molecule has 0 unspecified atom stereocenters. The fraction of sp³-hybridized carbons (Fsp3) is 0.400. The normalized spacial score (nSPS) is 11.7. The molecule has 9 heteroatoms. The summed E-state index contributed by atoms with van der Waals surface area (Å²) in [5.41, 5.74) is -5.46. The topological polar surface area (TPSA) is 59.2 Å². The van der Waals surface area contributed by atoms with Gasteiger partial charge in [-0.25, -0.2) is 8.78 Å². The van der Waals surface area contributed by atoms with E-state index in [-0.39, 0.29) is 0 Å². The molecule has 0 aliphatic rings. The van der Waals surface area contributed by atoms with E-state index < -0.39 is 47.4 Å². The van der Waals surface area contributed by atoms with Crippen molar-refractivity contribution in [1.29, 1.82) is 0 Å². The van der Waals surface area contributed by atoms with Gasteiger partial charge in [0.25, 0.3) is 6.43 Å². The summed E-state index contributed by atoms with van der Waals surface area (Å²) in [5, 5.41) is 0. The van der Waals surface area contributed by atoms with E-state index in [1.54, 1.807) is 4.98 Å². The van der Waals surface area contributed by atoms with Crippen molar-refractivity contribution in [2.75, 3.05) is 7.11 Å². The first-order valence-corrected chi connectivity index (χ1v) is 4.85. The van der Waals surface area contributed by atoms with Gasteiger partial charge in [-0.2, -0.15) is 13.2 Å². The zero-order valence-corrected chi connectivity index (χ0v) is 9.48. The Morgan fingerprint density at radius 1 is 1.42 bits per heavy atom. The van der Waals surface area contributed by atoms with Gasteiger partial charge in [-0.15, -0.1) is 0 Å². The molecule has 0 radical (unpaired) electrons. The zero-order valence-electron chi connectivity index (χ0n) is 9.48. The molecule has 0 bridgehead atoms. The molecule has 0 aliphatic carbocycles. The molecule has 106 valence electrons. The van der Waals surface area contributed by atoms with Crippen molar-refractivity contribution in [1.82, 2.24) is 4.98 Å². The Kier molecular flexibility index (Phi) is 4.28. The van der Waals surface area contributed by atoms with E-state index in [1.807, 2.05) is 0 Å². The van der Waals surface area contributed by atoms with Crippen molar-refractivity contribution in [2.45, 2.75) is 19.0 Å². The van der Waals surface area contributed by atoms with Crippen LogP contribution in [0, 0.1) is 0 Å². The quantitative estimate of drug-likeness (QED) is 0.683. The van der Waals surface area contributed by atoms with E-state index in [1.165, 1.54) is 0 Å². The van der Waals surface area contributed by atoms with Crippen LogP contribution in [-0.4, -0.2) is 18.1 Å². The van der Waals surface area contributed by atoms with Crippen LogP contribution in [0.15, 0.2) is 10.9 Å². The van der Waals surface area contributed by atoms with Gasteiger partial charge in [0.15, 0.2) is 5.43 Å². The zero-order chi connectivity index (χ0) is 14.8. The number of carbonyl (C=O) groups is 1. The highest BCUT2D eigenvalue weighted by Gasteiger charge is 2.38. The standard InChI is InChI=1S/C10H8F5NO3/c1-19-6(18)3-4-2-5(17)7(9(11)12)8(16-4)10(13,14)15/h2,9H,3H2,1H3,(H,16,17). The maximum atomic E-state index is 12.6. The van der Waals surface area contributed by atoms with Gasteiger partial charge in [-0.3, -0.25) is 9.59 Å². The van der Waals surface area contributed by atoms with Crippen molar-refractivity contribution in [3.63, 3.8) is 0 Å². The summed E-state index contributed by atoms with van der Waals surface area (Å²) >= 11 is 0. The molecule has 0 saturated heterocycles. The minimum atomic E-state index is -5.16. The molecule has 1 heterocycles. The number of aromatic nitrogens is 1. The fourth-order valence-corrected chi connectivity index (χ4v) is 1.39. The summed E-state index contributed by atoms with van der Waals surface area (Å²) in [5.74, 6) is -0.909. The van der Waals surface area contributed by atoms with E-state index >= 15 is 0 Å². The Bertz CT molecular complexity index is 535. The second-order valence-electron chi connectivity index (χ2n) is 3.50. The van der Waals surface area contributed by atoms with Crippen molar-refractivity contribution in [3.8, 4) is 0 Å². The van der Waals surface area contributed by atoms with Gasteiger partial charge in [0, 0.05) is 11.8 Å². The average Bonchev–Trinajstić information content (AvgIpc) is 2.26. The number of nitrogens with one attached hydrogen (secondary N) is 1. The number of aromatic amines is 1. The van der Waals surface area contributed by atoms with Gasteiger partial charge >= 0.3 is 12.1 Å². The molecule has 19 heavy (non-hydrogen) atoms. The molecular formula is C10H8F5NO3. The van der Waals surface area contributed by atoms with Crippen LogP contribution in [0.3, 0.4) is 0 Å². The molecule has 4 nitrogen and oxygen atoms in total. The maximum absolute atomic E-state index is 12.6. The predicted molar refractivity (Wildman–Crippen MR) is 52.7 cm³/mol. The van der Waals surface area contributed by atoms with Gasteiger partial charge in [0.05, 0.1) is 19.1 Å². The lowest BCUT2D eigenvalue weighted by molar-refractivity contribution is -0.144. The first kappa shape index (κ1) is 15.1. The minimum Gasteiger partial charge on any atom is -0.469 e. The van der Waals surface area contributed by atoms with Crippen molar-refractivity contribution in [2.24, 2.45) is 0 Å². The number of carbonyl (C=O) groups excluding carboxylic acids is 1. The molecule has 1 N–H and O–H groups in total. The van der Waals surface area contributed by atoms with Crippen molar-refractivity contribution < 1.29 is 31.5 Å². The Labute approximate surface area is 103 Å². The lowest BCUT2D eigenvalue weighted by atomic mass is 10.1. The van der Waals surface area contributed by atoms with Gasteiger partial charge in [-0.05, 0) is 0 Å². The average molecular weight is 285 g/mol. The molecule has 1 aromatic rings. The van der Waals surface area contributed by atoms with Crippen LogP contribution < -0.4 is 5.43 Å². The Morgan fingerprint density at radius 3 is 2.42 bits per heavy atom. The van der Waals surface area contributed by atoms with E-state index in [4.69, 9.17) is 0 Å². The van der Waals surface area contributed by atoms with Crippen LogP contribution in [0.5, 0.6) is 0 Å². The van der Waals surface area contributed by atoms with Crippen LogP contribution in [0.1, 0.15) is 23.4 Å². The second-order valence-corrected chi connectivity index (χ2v) is 3.50. The maximum Gasteiger partial charge on any atom is 0.431 e. The summed E-state index contributed by atoms with van der Waals surface area (Å²) in [6.45, 7) is 0. The first-order chi connectivity index (χ1) is 8.66. The lowest BCUT2D eigenvalue weighted by Gasteiger charge is -2.13. The largest absolute Gasteiger partial charge is 0.469 e. The number of pyridine rings is 1. The Hall–Kier alpha value is -1.93. The van der Waals surface area contributed by atoms with Crippen LogP contribution in [0.25, 0.3) is 0 Å². The lowest BCUT2D eigenvalue weighted by Crippen LogP contribution is -2.23. The van der Waals surface area contributed by atoms with Crippen LogP contribution in [0.4, 0.5) is 22.0 Å². The van der Waals surface area contributed by atoms with Gasteiger partial charge in [0.2, 0.25) is 0 Å². The summed E-state index contributed by atoms with van der Waals surface area (Å²) in [6, 6.07) is 0.521. The van der Waals surface area contributed by atoms with Crippen molar-refractivity contribution >= 4 is 5.97 Å². The number of alkyl halides is 5. The smallest absolute Gasteiger partial charge is 0.431 e. The van der Waals surface area contributed by atoms with Gasteiger partial charge < -0.3 is 9.72 Å². The summed E-state index contributed by atoms with van der Waals surface area (Å²) in [6.07, 6.45) is -9.39.